The highest BCUT2D eigenvalue weighted by molar-refractivity contribution is 6.31. The number of hydrogen-bond donors (Lipinski definition) is 1. The minimum absolute atomic E-state index is 0.0357. The number of aromatic nitrogens is 2. The molecule has 188 valence electrons. The van der Waals surface area contributed by atoms with Crippen molar-refractivity contribution in [2.75, 3.05) is 13.2 Å². The first-order chi connectivity index (χ1) is 17.4. The number of fused-ring (bicyclic) bond motifs is 1. The Bertz CT molecular complexity index is 1350. The molecule has 0 atom stereocenters. The van der Waals surface area contributed by atoms with Crippen LogP contribution in [0.25, 0.3) is 11.0 Å². The first-order valence-corrected chi connectivity index (χ1v) is 12.6. The lowest BCUT2D eigenvalue weighted by molar-refractivity contribution is -0.123. The number of carbonyl (C=O) groups excluding carboxylic acids is 1. The Hall–Kier alpha value is -3.51. The number of hydrogen-bond acceptors (Lipinski definition) is 4. The number of carbonyl (C=O) groups is 1. The molecular formula is C29H32ClN3O3. The Morgan fingerprint density at radius 1 is 0.972 bits per heavy atom. The maximum Gasteiger partial charge on any atom is 0.258 e. The highest BCUT2D eigenvalue weighted by Gasteiger charge is 2.12. The highest BCUT2D eigenvalue weighted by Crippen LogP contribution is 2.22. The highest BCUT2D eigenvalue weighted by atomic mass is 35.5. The fourth-order valence-corrected chi connectivity index (χ4v) is 4.13. The van der Waals surface area contributed by atoms with Crippen molar-refractivity contribution in [2.24, 2.45) is 0 Å². The van der Waals surface area contributed by atoms with Gasteiger partial charge in [-0.3, -0.25) is 4.79 Å². The van der Waals surface area contributed by atoms with Crippen molar-refractivity contribution in [3.8, 4) is 11.5 Å². The summed E-state index contributed by atoms with van der Waals surface area (Å²) in [5.74, 6) is 2.21. The summed E-state index contributed by atoms with van der Waals surface area (Å²) in [6.07, 6.45) is 1.81. The van der Waals surface area contributed by atoms with Crippen LogP contribution in [-0.2, 0) is 17.9 Å². The van der Waals surface area contributed by atoms with Crippen molar-refractivity contribution >= 4 is 28.5 Å². The lowest BCUT2D eigenvalue weighted by atomic mass is 10.1. The van der Waals surface area contributed by atoms with Gasteiger partial charge < -0.3 is 19.4 Å². The molecule has 1 amide bonds. The number of rotatable bonds is 11. The van der Waals surface area contributed by atoms with Crippen LogP contribution in [0, 0.1) is 20.8 Å². The maximum absolute atomic E-state index is 12.5. The second-order valence-corrected chi connectivity index (χ2v) is 9.38. The monoisotopic (exact) mass is 505 g/mol. The lowest BCUT2D eigenvalue weighted by Crippen LogP contribution is -2.29. The molecule has 36 heavy (non-hydrogen) atoms. The second-order valence-electron chi connectivity index (χ2n) is 8.97. The zero-order valence-electron chi connectivity index (χ0n) is 21.0. The summed E-state index contributed by atoms with van der Waals surface area (Å²) in [6, 6.07) is 19.7. The van der Waals surface area contributed by atoms with E-state index in [4.69, 9.17) is 26.1 Å². The van der Waals surface area contributed by atoms with E-state index in [1.54, 1.807) is 0 Å². The summed E-state index contributed by atoms with van der Waals surface area (Å²) in [6.45, 7) is 7.65. The van der Waals surface area contributed by atoms with Gasteiger partial charge in [0.05, 0.1) is 24.2 Å². The van der Waals surface area contributed by atoms with Gasteiger partial charge in [-0.05, 0) is 86.7 Å². The van der Waals surface area contributed by atoms with Gasteiger partial charge in [-0.1, -0.05) is 35.9 Å². The van der Waals surface area contributed by atoms with E-state index in [1.165, 1.54) is 0 Å². The molecule has 0 aliphatic heterocycles. The third-order valence-electron chi connectivity index (χ3n) is 6.05. The van der Waals surface area contributed by atoms with Crippen LogP contribution >= 0.6 is 11.6 Å². The summed E-state index contributed by atoms with van der Waals surface area (Å²) in [5, 5.41) is 3.70. The van der Waals surface area contributed by atoms with Crippen molar-refractivity contribution in [2.45, 2.75) is 46.7 Å². The third-order valence-corrected chi connectivity index (χ3v) is 6.48. The minimum Gasteiger partial charge on any atom is -0.494 e. The van der Waals surface area contributed by atoms with Gasteiger partial charge in [0.2, 0.25) is 0 Å². The third kappa shape index (κ3) is 6.58. The molecule has 1 N–H and O–H groups in total. The van der Waals surface area contributed by atoms with Gasteiger partial charge in [0.15, 0.2) is 6.61 Å². The first-order valence-electron chi connectivity index (χ1n) is 12.2. The summed E-state index contributed by atoms with van der Waals surface area (Å²) >= 11 is 6.09. The number of ether oxygens (including phenoxy) is 2. The Morgan fingerprint density at radius 2 is 1.81 bits per heavy atom. The van der Waals surface area contributed by atoms with Crippen molar-refractivity contribution < 1.29 is 14.3 Å². The summed E-state index contributed by atoms with van der Waals surface area (Å²) in [7, 11) is 0. The van der Waals surface area contributed by atoms with Gasteiger partial charge in [-0.15, -0.1) is 0 Å². The molecule has 0 unspecified atom stereocenters. The van der Waals surface area contributed by atoms with Crippen molar-refractivity contribution in [3.63, 3.8) is 0 Å². The minimum atomic E-state index is -0.179. The number of imidazole rings is 1. The lowest BCUT2D eigenvalue weighted by Gasteiger charge is -2.12. The molecule has 0 saturated carbocycles. The van der Waals surface area contributed by atoms with E-state index in [1.807, 2.05) is 75.4 Å². The quantitative estimate of drug-likeness (QED) is 0.247. The Morgan fingerprint density at radius 3 is 2.64 bits per heavy atom. The molecule has 0 aliphatic rings. The van der Waals surface area contributed by atoms with Crippen LogP contribution in [0.5, 0.6) is 11.5 Å². The number of aryl methyl sites for hydroxylation is 4. The molecule has 4 aromatic rings. The molecule has 0 saturated heterocycles. The van der Waals surface area contributed by atoms with Gasteiger partial charge >= 0.3 is 0 Å². The number of unbranched alkanes of at least 4 members (excludes halogenated alkanes) is 1. The number of amides is 1. The fourth-order valence-electron chi connectivity index (χ4n) is 4.01. The van der Waals surface area contributed by atoms with Crippen molar-refractivity contribution in [1.82, 2.24) is 14.9 Å². The molecule has 0 fully saturated rings. The molecule has 7 heteroatoms. The molecule has 1 heterocycles. The Kier molecular flexibility index (Phi) is 8.49. The van der Waals surface area contributed by atoms with E-state index in [0.717, 1.165) is 69.5 Å². The standard InChI is InChI=1S/C29H32ClN3O3/c1-20-10-11-21(2)27(16-20)36-19-29(34)31-18-28-32-25-8-4-5-9-26(25)33(28)14-6-7-15-35-23-12-13-24(30)22(3)17-23/h4-5,8-13,16-17H,6-7,14-15,18-19H2,1-3H3,(H,31,34). The van der Waals surface area contributed by atoms with Gasteiger partial charge in [-0.25, -0.2) is 4.98 Å². The second kappa shape index (κ2) is 12.0. The zero-order valence-corrected chi connectivity index (χ0v) is 21.8. The number of nitrogens with zero attached hydrogens (tertiary/aromatic N) is 2. The molecule has 0 radical (unpaired) electrons. The normalized spacial score (nSPS) is 11.0. The molecule has 0 aliphatic carbocycles. The van der Waals surface area contributed by atoms with E-state index >= 15 is 0 Å². The molecule has 1 aromatic heterocycles. The van der Waals surface area contributed by atoms with E-state index in [2.05, 4.69) is 16.0 Å². The van der Waals surface area contributed by atoms with Gasteiger partial charge in [0.25, 0.3) is 5.91 Å². The summed E-state index contributed by atoms with van der Waals surface area (Å²) < 4.78 is 13.8. The predicted octanol–water partition coefficient (Wildman–Crippen LogP) is 6.17. The topological polar surface area (TPSA) is 65.4 Å². The number of halogens is 1. The van der Waals surface area contributed by atoms with Crippen LogP contribution in [0.3, 0.4) is 0 Å². The van der Waals surface area contributed by atoms with Crippen molar-refractivity contribution in [3.05, 3.63) is 88.2 Å². The zero-order chi connectivity index (χ0) is 25.5. The van der Waals surface area contributed by atoms with Crippen LogP contribution in [0.15, 0.2) is 60.7 Å². The Balaban J connectivity index is 1.31. The van der Waals surface area contributed by atoms with Gasteiger partial charge in [0, 0.05) is 11.6 Å². The molecule has 6 nitrogen and oxygen atoms in total. The van der Waals surface area contributed by atoms with E-state index in [9.17, 15) is 4.79 Å². The van der Waals surface area contributed by atoms with Gasteiger partial charge in [-0.2, -0.15) is 0 Å². The Labute approximate surface area is 217 Å². The van der Waals surface area contributed by atoms with E-state index < -0.39 is 0 Å². The van der Waals surface area contributed by atoms with Crippen LogP contribution in [-0.4, -0.2) is 28.7 Å². The fraction of sp³-hybridized carbons (Fsp3) is 0.310. The SMILES string of the molecule is Cc1ccc(C)c(OCC(=O)NCc2nc3ccccc3n2CCCCOc2ccc(Cl)c(C)c2)c1. The number of para-hydroxylation sites is 2. The average Bonchev–Trinajstić information content (AvgIpc) is 3.22. The first kappa shape index (κ1) is 25.6. The molecular weight excluding hydrogens is 474 g/mol. The largest absolute Gasteiger partial charge is 0.494 e. The van der Waals surface area contributed by atoms with E-state index in [0.29, 0.717) is 13.2 Å². The average molecular weight is 506 g/mol. The molecule has 0 spiro atoms. The van der Waals surface area contributed by atoms with Crippen molar-refractivity contribution in [1.29, 1.82) is 0 Å². The summed E-state index contributed by atoms with van der Waals surface area (Å²) in [4.78, 5) is 17.3. The van der Waals surface area contributed by atoms with Crippen LogP contribution in [0.4, 0.5) is 0 Å². The van der Waals surface area contributed by atoms with Crippen LogP contribution in [0.2, 0.25) is 5.02 Å². The van der Waals surface area contributed by atoms with Crippen LogP contribution in [0.1, 0.15) is 35.4 Å². The summed E-state index contributed by atoms with van der Waals surface area (Å²) in [5.41, 5.74) is 5.08. The molecule has 4 rings (SSSR count). The number of nitrogens with one attached hydrogen (secondary N) is 1. The molecule has 3 aromatic carbocycles. The van der Waals surface area contributed by atoms with Gasteiger partial charge in [0.1, 0.15) is 17.3 Å². The number of benzene rings is 3. The van der Waals surface area contributed by atoms with E-state index in [-0.39, 0.29) is 12.5 Å². The maximum atomic E-state index is 12.5. The molecule has 0 bridgehead atoms. The van der Waals surface area contributed by atoms with Crippen LogP contribution < -0.4 is 14.8 Å². The predicted molar refractivity (Wildman–Crippen MR) is 144 cm³/mol. The smallest absolute Gasteiger partial charge is 0.258 e.